The summed E-state index contributed by atoms with van der Waals surface area (Å²) in [5.41, 5.74) is 2.32. The number of aryl methyl sites for hydroxylation is 1. The lowest BCUT2D eigenvalue weighted by molar-refractivity contribution is 0.415. The molecule has 5 rings (SSSR count). The van der Waals surface area contributed by atoms with E-state index in [-0.39, 0.29) is 0 Å². The van der Waals surface area contributed by atoms with Gasteiger partial charge in [-0.1, -0.05) is 23.7 Å². The minimum Gasteiger partial charge on any atom is -0.497 e. The zero-order valence-corrected chi connectivity index (χ0v) is 17.8. The van der Waals surface area contributed by atoms with Gasteiger partial charge in [-0.2, -0.15) is 4.98 Å². The van der Waals surface area contributed by atoms with Gasteiger partial charge in [-0.15, -0.1) is 0 Å². The van der Waals surface area contributed by atoms with Crippen molar-refractivity contribution in [3.8, 4) is 22.7 Å². The van der Waals surface area contributed by atoms with E-state index in [4.69, 9.17) is 16.3 Å². The van der Waals surface area contributed by atoms with Crippen LogP contribution < -0.4 is 16.0 Å². The summed E-state index contributed by atoms with van der Waals surface area (Å²) >= 11 is 6.10. The normalized spacial score (nSPS) is 11.5. The lowest BCUT2D eigenvalue weighted by Crippen LogP contribution is -2.37. The van der Waals surface area contributed by atoms with Crippen LogP contribution in [0.4, 0.5) is 0 Å². The molecule has 0 amide bonds. The second-order valence-corrected chi connectivity index (χ2v) is 7.65. The molecule has 0 unspecified atom stereocenters. The van der Waals surface area contributed by atoms with Crippen LogP contribution >= 0.6 is 11.6 Å². The third kappa shape index (κ3) is 2.79. The molecule has 0 N–H and O–H groups in total. The summed E-state index contributed by atoms with van der Waals surface area (Å²) in [6.45, 7) is 0. The topological polar surface area (TPSA) is 75.5 Å². The Balaban J connectivity index is 1.95. The summed E-state index contributed by atoms with van der Waals surface area (Å²) in [6, 6.07) is 15.0. The first-order valence-corrected chi connectivity index (χ1v) is 9.88. The Labute approximate surface area is 181 Å². The van der Waals surface area contributed by atoms with E-state index in [2.05, 4.69) is 4.98 Å². The number of aromatic nitrogens is 5. The first kappa shape index (κ1) is 19.2. The number of fused-ring (bicyclic) bond motifs is 3. The van der Waals surface area contributed by atoms with E-state index in [1.54, 1.807) is 30.7 Å². The number of halogens is 1. The molecule has 3 heterocycles. The number of benzene rings is 2. The molecular weight excluding hydrogens is 418 g/mol. The average molecular weight is 436 g/mol. The highest BCUT2D eigenvalue weighted by atomic mass is 35.5. The smallest absolute Gasteiger partial charge is 0.332 e. The summed E-state index contributed by atoms with van der Waals surface area (Å²) in [5.74, 6) is 1.22. The molecule has 31 heavy (non-hydrogen) atoms. The highest BCUT2D eigenvalue weighted by Gasteiger charge is 2.21. The lowest BCUT2D eigenvalue weighted by atomic mass is 10.1. The number of imidazole rings is 2. The van der Waals surface area contributed by atoms with Crippen molar-refractivity contribution in [1.82, 2.24) is 23.1 Å². The van der Waals surface area contributed by atoms with Crippen molar-refractivity contribution in [3.05, 3.63) is 80.6 Å². The van der Waals surface area contributed by atoms with E-state index in [0.29, 0.717) is 27.7 Å². The van der Waals surface area contributed by atoms with Gasteiger partial charge in [-0.25, -0.2) is 4.79 Å². The van der Waals surface area contributed by atoms with Crippen molar-refractivity contribution < 1.29 is 4.74 Å². The molecule has 0 atom stereocenters. The van der Waals surface area contributed by atoms with Gasteiger partial charge in [-0.05, 0) is 36.4 Å². The molecule has 9 heteroatoms. The third-order valence-corrected chi connectivity index (χ3v) is 5.67. The Morgan fingerprint density at radius 3 is 2.45 bits per heavy atom. The molecular formula is C22H18ClN5O3. The lowest BCUT2D eigenvalue weighted by Gasteiger charge is -2.10. The highest BCUT2D eigenvalue weighted by Crippen LogP contribution is 2.31. The summed E-state index contributed by atoms with van der Waals surface area (Å²) in [5, 5.41) is 0.611. The maximum atomic E-state index is 13.0. The van der Waals surface area contributed by atoms with Crippen LogP contribution in [0.3, 0.4) is 0 Å². The molecule has 0 spiro atoms. The molecule has 156 valence electrons. The van der Waals surface area contributed by atoms with Gasteiger partial charge in [-0.3, -0.25) is 22.9 Å². The van der Waals surface area contributed by atoms with Crippen molar-refractivity contribution in [2.75, 3.05) is 7.11 Å². The molecule has 0 fully saturated rings. The fraction of sp³-hybridized carbons (Fsp3) is 0.136. The fourth-order valence-corrected chi connectivity index (χ4v) is 3.93. The minimum atomic E-state index is -0.427. The van der Waals surface area contributed by atoms with Gasteiger partial charge in [0.1, 0.15) is 5.75 Å². The van der Waals surface area contributed by atoms with E-state index in [0.717, 1.165) is 21.5 Å². The Hall–Kier alpha value is -3.78. The Morgan fingerprint density at radius 2 is 1.74 bits per heavy atom. The number of ether oxygens (including phenoxy) is 1. The zero-order chi connectivity index (χ0) is 21.9. The second-order valence-electron chi connectivity index (χ2n) is 7.22. The van der Waals surface area contributed by atoms with Crippen molar-refractivity contribution in [3.63, 3.8) is 0 Å². The van der Waals surface area contributed by atoms with Crippen LogP contribution in [0, 0.1) is 0 Å². The number of nitrogens with zero attached hydrogens (tertiary/aromatic N) is 5. The summed E-state index contributed by atoms with van der Waals surface area (Å²) in [4.78, 5) is 30.0. The van der Waals surface area contributed by atoms with Gasteiger partial charge >= 0.3 is 5.69 Å². The standard InChI is InChI=1S/C22H18ClN5O3/c1-25-19-18(20(29)26(2)22(25)30)27-12-17(13-5-4-6-16(11-13)31-3)28(21(27)24-19)15-9-7-14(23)8-10-15/h4-12H,1-3H3. The Bertz CT molecular complexity index is 1590. The van der Waals surface area contributed by atoms with Gasteiger partial charge in [0.25, 0.3) is 5.56 Å². The summed E-state index contributed by atoms with van der Waals surface area (Å²) < 4.78 is 11.5. The van der Waals surface area contributed by atoms with Crippen LogP contribution in [0.15, 0.2) is 64.3 Å². The molecule has 5 aromatic rings. The number of hydrogen-bond donors (Lipinski definition) is 0. The summed E-state index contributed by atoms with van der Waals surface area (Å²) in [6.07, 6.45) is 1.85. The van der Waals surface area contributed by atoms with E-state index in [1.165, 1.54) is 11.6 Å². The Morgan fingerprint density at radius 1 is 1.00 bits per heavy atom. The molecule has 2 aromatic carbocycles. The summed E-state index contributed by atoms with van der Waals surface area (Å²) in [7, 11) is 4.68. The first-order chi connectivity index (χ1) is 14.9. The quantitative estimate of drug-likeness (QED) is 0.436. The maximum Gasteiger partial charge on any atom is 0.332 e. The van der Waals surface area contributed by atoms with Crippen molar-refractivity contribution >= 4 is 28.5 Å². The van der Waals surface area contributed by atoms with E-state index in [1.807, 2.05) is 47.2 Å². The van der Waals surface area contributed by atoms with Crippen LogP contribution in [0.2, 0.25) is 5.02 Å². The van der Waals surface area contributed by atoms with Crippen molar-refractivity contribution in [2.24, 2.45) is 14.1 Å². The van der Waals surface area contributed by atoms with E-state index >= 15 is 0 Å². The molecule has 0 radical (unpaired) electrons. The number of hydrogen-bond acceptors (Lipinski definition) is 4. The first-order valence-electron chi connectivity index (χ1n) is 9.50. The highest BCUT2D eigenvalue weighted by molar-refractivity contribution is 6.30. The SMILES string of the molecule is COc1cccc(-c2cn3c4c(=O)n(C)c(=O)n(C)c4nc3n2-c2ccc(Cl)cc2)c1. The molecule has 8 nitrogen and oxygen atoms in total. The largest absolute Gasteiger partial charge is 0.497 e. The molecule has 0 aliphatic rings. The minimum absolute atomic E-state index is 0.322. The molecule has 3 aromatic heterocycles. The van der Waals surface area contributed by atoms with Crippen LogP contribution in [-0.2, 0) is 14.1 Å². The van der Waals surface area contributed by atoms with Crippen LogP contribution in [0.5, 0.6) is 5.75 Å². The monoisotopic (exact) mass is 435 g/mol. The Kier molecular flexibility index (Phi) is 4.26. The van der Waals surface area contributed by atoms with Gasteiger partial charge in [0.2, 0.25) is 5.78 Å². The van der Waals surface area contributed by atoms with Gasteiger partial charge < -0.3 is 4.74 Å². The zero-order valence-electron chi connectivity index (χ0n) is 17.0. The predicted octanol–water partition coefficient (Wildman–Crippen LogP) is 3.00. The van der Waals surface area contributed by atoms with Crippen LogP contribution in [0.1, 0.15) is 0 Å². The van der Waals surface area contributed by atoms with E-state index in [9.17, 15) is 9.59 Å². The van der Waals surface area contributed by atoms with E-state index < -0.39 is 11.2 Å². The third-order valence-electron chi connectivity index (χ3n) is 5.42. The van der Waals surface area contributed by atoms with Crippen LogP contribution in [-0.4, -0.2) is 30.2 Å². The van der Waals surface area contributed by atoms with Gasteiger partial charge in [0, 0.05) is 36.6 Å². The molecule has 0 aliphatic carbocycles. The fourth-order valence-electron chi connectivity index (χ4n) is 3.80. The van der Waals surface area contributed by atoms with Crippen LogP contribution in [0.25, 0.3) is 33.9 Å². The van der Waals surface area contributed by atoms with Crippen molar-refractivity contribution in [1.29, 1.82) is 0 Å². The molecule has 0 bridgehead atoms. The number of rotatable bonds is 3. The second kappa shape index (κ2) is 6.88. The molecule has 0 saturated heterocycles. The molecule has 0 aliphatic heterocycles. The maximum absolute atomic E-state index is 13.0. The van der Waals surface area contributed by atoms with Gasteiger partial charge in [0.05, 0.1) is 12.8 Å². The average Bonchev–Trinajstić information content (AvgIpc) is 3.33. The molecule has 0 saturated carbocycles. The predicted molar refractivity (Wildman–Crippen MR) is 120 cm³/mol. The van der Waals surface area contributed by atoms with Crippen molar-refractivity contribution in [2.45, 2.75) is 0 Å². The van der Waals surface area contributed by atoms with Gasteiger partial charge in [0.15, 0.2) is 11.2 Å². The number of methoxy groups -OCH3 is 1.